The van der Waals surface area contributed by atoms with Crippen LogP contribution in [-0.2, 0) is 35.7 Å². The first-order valence-electron chi connectivity index (χ1n) is 11.0. The average molecular weight is 422 g/mol. The summed E-state index contributed by atoms with van der Waals surface area (Å²) in [5, 5.41) is 2.28. The number of urea groups is 1. The largest absolute Gasteiger partial charge is 0.332 e. The van der Waals surface area contributed by atoms with Crippen molar-refractivity contribution >= 4 is 21.7 Å². The van der Waals surface area contributed by atoms with Crippen molar-refractivity contribution in [2.45, 2.75) is 83.9 Å². The molecule has 2 N–H and O–H groups in total. The number of aryl methyl sites for hydroxylation is 2. The van der Waals surface area contributed by atoms with Crippen LogP contribution in [0.2, 0.25) is 0 Å². The third-order valence-corrected chi connectivity index (χ3v) is 8.20. The highest BCUT2D eigenvalue weighted by Crippen LogP contribution is 2.38. The van der Waals surface area contributed by atoms with Gasteiger partial charge < -0.3 is 10.2 Å². The Morgan fingerprint density at radius 3 is 2.17 bits per heavy atom. The van der Waals surface area contributed by atoms with Crippen molar-refractivity contribution in [2.24, 2.45) is 0 Å². The number of sulfonamides is 1. The highest BCUT2D eigenvalue weighted by Gasteiger charge is 2.28. The monoisotopic (exact) mass is 421 g/mol. The lowest BCUT2D eigenvalue weighted by Gasteiger charge is -2.26. The van der Waals surface area contributed by atoms with Gasteiger partial charge in [0.05, 0.1) is 5.25 Å². The lowest BCUT2D eigenvalue weighted by molar-refractivity contribution is 0.230. The van der Waals surface area contributed by atoms with E-state index < -0.39 is 21.3 Å². The zero-order chi connectivity index (χ0) is 21.2. The summed E-state index contributed by atoms with van der Waals surface area (Å²) in [5.41, 5.74) is 5.88. The van der Waals surface area contributed by atoms with E-state index in [-0.39, 0.29) is 0 Å². The summed E-state index contributed by atoms with van der Waals surface area (Å²) in [7, 11) is -3.73. The van der Waals surface area contributed by atoms with Crippen LogP contribution in [0.5, 0.6) is 0 Å². The van der Waals surface area contributed by atoms with Gasteiger partial charge >= 0.3 is 6.03 Å². The fraction of sp³-hybridized carbons (Fsp3) is 0.682. The quantitative estimate of drug-likeness (QED) is 0.672. The Labute approximate surface area is 175 Å². The van der Waals surface area contributed by atoms with Gasteiger partial charge in [0.2, 0.25) is 10.0 Å². The molecule has 1 aromatic carbocycles. The van der Waals surface area contributed by atoms with Crippen molar-refractivity contribution in [3.05, 3.63) is 28.3 Å². The van der Waals surface area contributed by atoms with E-state index in [4.69, 9.17) is 0 Å². The highest BCUT2D eigenvalue weighted by atomic mass is 32.2. The van der Waals surface area contributed by atoms with Gasteiger partial charge in [-0.25, -0.2) is 17.9 Å². The summed E-state index contributed by atoms with van der Waals surface area (Å²) >= 11 is 0. The molecule has 1 atom stereocenters. The molecule has 2 amide bonds. The first-order chi connectivity index (χ1) is 13.7. The molecule has 2 aliphatic rings. The van der Waals surface area contributed by atoms with E-state index in [2.05, 4.69) is 41.8 Å². The molecule has 162 valence electrons. The minimum absolute atomic E-state index is 0.369. The number of carbonyl (C=O) groups is 1. The second-order valence-corrected chi connectivity index (χ2v) is 10.8. The number of benzene rings is 1. The van der Waals surface area contributed by atoms with Crippen molar-refractivity contribution in [3.63, 3.8) is 0 Å². The molecule has 0 heterocycles. The Morgan fingerprint density at radius 2 is 1.66 bits per heavy atom. The third kappa shape index (κ3) is 4.94. The Morgan fingerprint density at radius 1 is 1.07 bits per heavy atom. The molecule has 29 heavy (non-hydrogen) atoms. The number of rotatable bonds is 8. The fourth-order valence-corrected chi connectivity index (χ4v) is 5.55. The molecule has 0 saturated heterocycles. The third-order valence-electron chi connectivity index (χ3n) is 6.44. The van der Waals surface area contributed by atoms with Gasteiger partial charge in [-0.05, 0) is 101 Å². The van der Waals surface area contributed by atoms with Crippen LogP contribution >= 0.6 is 0 Å². The summed E-state index contributed by atoms with van der Waals surface area (Å²) in [6, 6.07) is 2.02. The number of anilines is 1. The van der Waals surface area contributed by atoms with E-state index in [1.54, 1.807) is 6.92 Å². The van der Waals surface area contributed by atoms with Gasteiger partial charge in [-0.1, -0.05) is 13.0 Å². The predicted molar refractivity (Wildman–Crippen MR) is 118 cm³/mol. The predicted octanol–water partition coefficient (Wildman–Crippen LogP) is 3.62. The molecular weight excluding hydrogens is 386 g/mol. The fourth-order valence-electron chi connectivity index (χ4n) is 4.62. The number of hydrogen-bond acceptors (Lipinski definition) is 4. The van der Waals surface area contributed by atoms with Crippen molar-refractivity contribution in [1.82, 2.24) is 9.62 Å². The molecule has 1 aromatic rings. The zero-order valence-electron chi connectivity index (χ0n) is 18.2. The van der Waals surface area contributed by atoms with Crippen LogP contribution in [0, 0.1) is 0 Å². The first-order valence-corrected chi connectivity index (χ1v) is 12.5. The maximum atomic E-state index is 12.7. The van der Waals surface area contributed by atoms with E-state index in [0.717, 1.165) is 50.8 Å². The minimum Gasteiger partial charge on any atom is -0.307 e. The van der Waals surface area contributed by atoms with Crippen LogP contribution in [0.1, 0.15) is 69.2 Å². The number of fused-ring (bicyclic) bond motifs is 2. The second kappa shape index (κ2) is 9.04. The minimum atomic E-state index is -3.73. The number of hydrogen-bond donors (Lipinski definition) is 2. The van der Waals surface area contributed by atoms with Crippen molar-refractivity contribution in [2.75, 3.05) is 18.4 Å². The van der Waals surface area contributed by atoms with Crippen LogP contribution in [-0.4, -0.2) is 43.7 Å². The summed E-state index contributed by atoms with van der Waals surface area (Å²) < 4.78 is 27.6. The van der Waals surface area contributed by atoms with Gasteiger partial charge in [-0.3, -0.25) is 0 Å². The van der Waals surface area contributed by atoms with Crippen LogP contribution in [0.3, 0.4) is 0 Å². The number of nitrogens with one attached hydrogen (secondary N) is 2. The molecule has 6 nitrogen and oxygen atoms in total. The zero-order valence-corrected chi connectivity index (χ0v) is 19.0. The number of carbonyl (C=O) groups excluding carboxylic acids is 1. The summed E-state index contributed by atoms with van der Waals surface area (Å²) in [4.78, 5) is 14.8. The van der Waals surface area contributed by atoms with Crippen LogP contribution in [0.4, 0.5) is 10.5 Å². The van der Waals surface area contributed by atoms with Crippen molar-refractivity contribution < 1.29 is 13.2 Å². The maximum absolute atomic E-state index is 12.7. The Hall–Kier alpha value is -1.60. The van der Waals surface area contributed by atoms with E-state index in [9.17, 15) is 13.2 Å². The highest BCUT2D eigenvalue weighted by molar-refractivity contribution is 7.90. The normalized spacial score (nSPS) is 16.8. The van der Waals surface area contributed by atoms with Gasteiger partial charge in [0, 0.05) is 11.7 Å². The molecule has 0 radical (unpaired) electrons. The van der Waals surface area contributed by atoms with Crippen molar-refractivity contribution in [1.29, 1.82) is 0 Å². The lowest BCUT2D eigenvalue weighted by atomic mass is 9.99. The van der Waals surface area contributed by atoms with E-state index in [0.29, 0.717) is 19.0 Å². The lowest BCUT2D eigenvalue weighted by Crippen LogP contribution is -2.41. The Bertz CT molecular complexity index is 832. The van der Waals surface area contributed by atoms with E-state index in [1.807, 2.05) is 0 Å². The van der Waals surface area contributed by atoms with Crippen LogP contribution < -0.4 is 10.0 Å². The standard InChI is InChI=1S/C22H35N3O3S/c1-5-25(15(2)3)13-12-16(4)29(27,28)24-22(26)23-21-19-10-6-8-17(19)14-18-9-7-11-20(18)21/h14-16H,5-13H2,1-4H3,(H2,23,24,26). The molecule has 0 spiro atoms. The average Bonchev–Trinajstić information content (AvgIpc) is 3.30. The first kappa shape index (κ1) is 22.1. The van der Waals surface area contributed by atoms with Gasteiger partial charge in [0.1, 0.15) is 0 Å². The summed E-state index contributed by atoms with van der Waals surface area (Å²) in [5.74, 6) is 0. The number of nitrogens with zero attached hydrogens (tertiary/aromatic N) is 1. The van der Waals surface area contributed by atoms with Gasteiger partial charge in [0.25, 0.3) is 0 Å². The van der Waals surface area contributed by atoms with Crippen LogP contribution in [0.15, 0.2) is 6.07 Å². The number of amides is 2. The smallest absolute Gasteiger partial charge is 0.307 e. The molecule has 0 aliphatic heterocycles. The molecule has 3 rings (SSSR count). The SMILES string of the molecule is CCN(CCC(C)S(=O)(=O)NC(=O)Nc1c2c(cc3c1CCC3)CCC2)C(C)C. The summed E-state index contributed by atoms with van der Waals surface area (Å²) in [6.45, 7) is 9.51. The molecule has 0 saturated carbocycles. The maximum Gasteiger partial charge on any atom is 0.332 e. The topological polar surface area (TPSA) is 78.5 Å². The molecule has 7 heteroatoms. The molecule has 1 unspecified atom stereocenters. The van der Waals surface area contributed by atoms with Crippen LogP contribution in [0.25, 0.3) is 0 Å². The summed E-state index contributed by atoms with van der Waals surface area (Å²) in [6.07, 6.45) is 6.65. The second-order valence-electron chi connectivity index (χ2n) is 8.66. The van der Waals surface area contributed by atoms with Gasteiger partial charge in [-0.15, -0.1) is 0 Å². The molecule has 0 bridgehead atoms. The Balaban J connectivity index is 1.66. The van der Waals surface area contributed by atoms with E-state index >= 15 is 0 Å². The molecule has 0 aromatic heterocycles. The van der Waals surface area contributed by atoms with Gasteiger partial charge in [0.15, 0.2) is 0 Å². The molecule has 2 aliphatic carbocycles. The molecular formula is C22H35N3O3S. The van der Waals surface area contributed by atoms with Gasteiger partial charge in [-0.2, -0.15) is 0 Å². The Kier molecular flexibility index (Phi) is 6.89. The van der Waals surface area contributed by atoms with E-state index in [1.165, 1.54) is 22.3 Å². The van der Waals surface area contributed by atoms with Crippen molar-refractivity contribution in [3.8, 4) is 0 Å². The molecule has 0 fully saturated rings.